The molecule has 0 bridgehead atoms. The van der Waals surface area contributed by atoms with E-state index >= 15 is 0 Å². The molecule has 24 heavy (non-hydrogen) atoms. The quantitative estimate of drug-likeness (QED) is 0.798. The van der Waals surface area contributed by atoms with Crippen LogP contribution in [0.1, 0.15) is 50.9 Å². The van der Waals surface area contributed by atoms with Crippen LogP contribution >= 0.6 is 11.6 Å². The number of rotatable bonds is 7. The first-order valence-corrected chi connectivity index (χ1v) is 10.1. The Balaban J connectivity index is 2.35. The van der Waals surface area contributed by atoms with Gasteiger partial charge in [-0.15, -0.1) is 0 Å². The Labute approximate surface area is 149 Å². The molecule has 1 N–H and O–H groups in total. The summed E-state index contributed by atoms with van der Waals surface area (Å²) in [6.45, 7) is 8.24. The van der Waals surface area contributed by atoms with Gasteiger partial charge < -0.3 is 4.90 Å². The molecule has 1 fully saturated rings. The van der Waals surface area contributed by atoms with E-state index in [1.165, 1.54) is 18.2 Å². The summed E-state index contributed by atoms with van der Waals surface area (Å²) in [5, 5.41) is 0.276. The van der Waals surface area contributed by atoms with E-state index in [9.17, 15) is 13.2 Å². The summed E-state index contributed by atoms with van der Waals surface area (Å²) < 4.78 is 27.2. The number of sulfonamides is 1. The highest BCUT2D eigenvalue weighted by Crippen LogP contribution is 2.31. The lowest BCUT2D eigenvalue weighted by Crippen LogP contribution is -2.36. The first kappa shape index (κ1) is 19.2. The number of amides is 1. The minimum atomic E-state index is -3.67. The lowest BCUT2D eigenvalue weighted by atomic mass is 10.1. The van der Waals surface area contributed by atoms with Crippen molar-refractivity contribution in [2.45, 2.75) is 57.5 Å². The average molecular weight is 373 g/mol. The second kappa shape index (κ2) is 7.42. The van der Waals surface area contributed by atoms with Gasteiger partial charge in [0.2, 0.25) is 10.0 Å². The highest BCUT2D eigenvalue weighted by Gasteiger charge is 2.34. The highest BCUT2D eigenvalue weighted by atomic mass is 35.5. The van der Waals surface area contributed by atoms with Crippen LogP contribution in [0, 0.1) is 5.92 Å². The molecular weight excluding hydrogens is 348 g/mol. The molecule has 0 heterocycles. The van der Waals surface area contributed by atoms with Crippen LogP contribution in [0.15, 0.2) is 23.1 Å². The van der Waals surface area contributed by atoms with Gasteiger partial charge in [-0.25, -0.2) is 13.1 Å². The smallest absolute Gasteiger partial charge is 0.255 e. The van der Waals surface area contributed by atoms with Gasteiger partial charge in [-0.2, -0.15) is 0 Å². The number of carbonyl (C=O) groups is 1. The molecule has 0 aromatic heterocycles. The van der Waals surface area contributed by atoms with Crippen LogP contribution in [0.3, 0.4) is 0 Å². The molecule has 1 aliphatic rings. The first-order chi connectivity index (χ1) is 11.1. The van der Waals surface area contributed by atoms with Crippen LogP contribution in [-0.4, -0.2) is 37.9 Å². The van der Waals surface area contributed by atoms with Gasteiger partial charge in [-0.1, -0.05) is 25.4 Å². The van der Waals surface area contributed by atoms with Gasteiger partial charge >= 0.3 is 0 Å². The second-order valence-electron chi connectivity index (χ2n) is 7.00. The van der Waals surface area contributed by atoms with E-state index in [4.69, 9.17) is 11.6 Å². The van der Waals surface area contributed by atoms with Crippen molar-refractivity contribution < 1.29 is 13.2 Å². The van der Waals surface area contributed by atoms with Gasteiger partial charge in [-0.05, 0) is 50.8 Å². The number of carbonyl (C=O) groups excluding carboxylic acids is 1. The zero-order valence-corrected chi connectivity index (χ0v) is 16.1. The summed E-state index contributed by atoms with van der Waals surface area (Å²) in [4.78, 5) is 14.8. The van der Waals surface area contributed by atoms with Crippen LogP contribution in [-0.2, 0) is 10.0 Å². The van der Waals surface area contributed by atoms with Crippen LogP contribution in [0.2, 0.25) is 5.02 Å². The Morgan fingerprint density at radius 2 is 1.92 bits per heavy atom. The largest absolute Gasteiger partial charge is 0.335 e. The van der Waals surface area contributed by atoms with Gasteiger partial charge in [0.1, 0.15) is 0 Å². The third-order valence-electron chi connectivity index (χ3n) is 3.68. The number of hydrogen-bond acceptors (Lipinski definition) is 3. The first-order valence-electron chi connectivity index (χ1n) is 8.24. The molecule has 1 aromatic carbocycles. The van der Waals surface area contributed by atoms with E-state index in [1.54, 1.807) is 13.8 Å². The maximum absolute atomic E-state index is 12.9. The van der Waals surface area contributed by atoms with E-state index in [-0.39, 0.29) is 33.5 Å². The van der Waals surface area contributed by atoms with Crippen molar-refractivity contribution in [2.24, 2.45) is 5.92 Å². The Hall–Kier alpha value is -1.11. The maximum Gasteiger partial charge on any atom is 0.255 e. The molecule has 7 heteroatoms. The standard InChI is InChI=1S/C17H25ClN2O3S/c1-11(2)10-20(13-5-6-13)17(21)15-9-14(7-8-16(15)18)24(22,23)19-12(3)4/h7-9,11-13,19H,5-6,10H2,1-4H3. The molecule has 134 valence electrons. The highest BCUT2D eigenvalue weighted by molar-refractivity contribution is 7.89. The van der Waals surface area contributed by atoms with Gasteiger partial charge in [0.25, 0.3) is 5.91 Å². The molecule has 0 radical (unpaired) electrons. The maximum atomic E-state index is 12.9. The molecule has 0 saturated heterocycles. The Kier molecular flexibility index (Phi) is 5.94. The van der Waals surface area contributed by atoms with Crippen molar-refractivity contribution in [3.8, 4) is 0 Å². The summed E-state index contributed by atoms with van der Waals surface area (Å²) in [5.41, 5.74) is 0.246. The van der Waals surface area contributed by atoms with E-state index in [1.807, 2.05) is 4.90 Å². The third-order valence-corrected chi connectivity index (χ3v) is 5.67. The Morgan fingerprint density at radius 1 is 1.29 bits per heavy atom. The summed E-state index contributed by atoms with van der Waals surface area (Å²) in [5.74, 6) is 0.139. The van der Waals surface area contributed by atoms with Crippen molar-refractivity contribution in [1.29, 1.82) is 0 Å². The summed E-state index contributed by atoms with van der Waals surface area (Å²) in [6.07, 6.45) is 1.98. The van der Waals surface area contributed by atoms with Gasteiger partial charge in [0.05, 0.1) is 15.5 Å². The molecule has 1 aromatic rings. The fourth-order valence-electron chi connectivity index (χ4n) is 2.55. The van der Waals surface area contributed by atoms with Crippen molar-refractivity contribution in [3.63, 3.8) is 0 Å². The number of halogens is 1. The predicted molar refractivity (Wildman–Crippen MR) is 95.8 cm³/mol. The van der Waals surface area contributed by atoms with Gasteiger partial charge in [0.15, 0.2) is 0 Å². The lowest BCUT2D eigenvalue weighted by molar-refractivity contribution is 0.0722. The molecule has 2 rings (SSSR count). The monoisotopic (exact) mass is 372 g/mol. The topological polar surface area (TPSA) is 66.5 Å². The van der Waals surface area contributed by atoms with Crippen molar-refractivity contribution in [3.05, 3.63) is 28.8 Å². The predicted octanol–water partition coefficient (Wildman–Crippen LogP) is 3.29. The van der Waals surface area contributed by atoms with Crippen LogP contribution in [0.5, 0.6) is 0 Å². The van der Waals surface area contributed by atoms with E-state index in [0.717, 1.165) is 12.8 Å². The molecular formula is C17H25ClN2O3S. The summed E-state index contributed by atoms with van der Waals surface area (Å²) >= 11 is 6.19. The molecule has 5 nitrogen and oxygen atoms in total. The van der Waals surface area contributed by atoms with Crippen LogP contribution < -0.4 is 4.72 Å². The molecule has 0 spiro atoms. The Morgan fingerprint density at radius 3 is 2.42 bits per heavy atom. The zero-order valence-electron chi connectivity index (χ0n) is 14.5. The number of nitrogens with one attached hydrogen (secondary N) is 1. The van der Waals surface area contributed by atoms with Crippen molar-refractivity contribution >= 4 is 27.5 Å². The van der Waals surface area contributed by atoms with Crippen LogP contribution in [0.25, 0.3) is 0 Å². The van der Waals surface area contributed by atoms with E-state index in [2.05, 4.69) is 18.6 Å². The van der Waals surface area contributed by atoms with Crippen molar-refractivity contribution in [2.75, 3.05) is 6.54 Å². The summed E-state index contributed by atoms with van der Waals surface area (Å²) in [7, 11) is -3.67. The minimum absolute atomic E-state index is 0.0595. The fourth-order valence-corrected chi connectivity index (χ4v) is 4.02. The Bertz CT molecular complexity index is 713. The average Bonchev–Trinajstić information content (AvgIpc) is 3.27. The van der Waals surface area contributed by atoms with Gasteiger partial charge in [-0.3, -0.25) is 4.79 Å². The zero-order chi connectivity index (χ0) is 18.1. The molecule has 0 aliphatic heterocycles. The normalized spacial score (nSPS) is 15.1. The number of hydrogen-bond donors (Lipinski definition) is 1. The molecule has 0 unspecified atom stereocenters. The van der Waals surface area contributed by atoms with Gasteiger partial charge in [0, 0.05) is 18.6 Å². The van der Waals surface area contributed by atoms with Crippen molar-refractivity contribution in [1.82, 2.24) is 9.62 Å². The van der Waals surface area contributed by atoms with E-state index < -0.39 is 10.0 Å². The molecule has 0 atom stereocenters. The lowest BCUT2D eigenvalue weighted by Gasteiger charge is -2.25. The molecule has 1 aliphatic carbocycles. The van der Waals surface area contributed by atoms with E-state index in [0.29, 0.717) is 12.5 Å². The fraction of sp³-hybridized carbons (Fsp3) is 0.588. The minimum Gasteiger partial charge on any atom is -0.335 e. The second-order valence-corrected chi connectivity index (χ2v) is 9.12. The number of nitrogens with zero attached hydrogens (tertiary/aromatic N) is 1. The number of benzene rings is 1. The third kappa shape index (κ3) is 4.71. The summed E-state index contributed by atoms with van der Waals surface area (Å²) in [6, 6.07) is 4.29. The molecule has 1 saturated carbocycles. The SMILES string of the molecule is CC(C)CN(C(=O)c1cc(S(=O)(=O)NC(C)C)ccc1Cl)C1CC1. The molecule has 1 amide bonds. The van der Waals surface area contributed by atoms with Crippen LogP contribution in [0.4, 0.5) is 0 Å².